The molecule has 0 N–H and O–H groups in total. The lowest BCUT2D eigenvalue weighted by molar-refractivity contribution is -0.158. The molecule has 6 atom stereocenters. The number of unbranched alkanes of at least 4 members (excludes halogenated alkanes) is 20. The highest BCUT2D eigenvalue weighted by molar-refractivity contribution is 5.76. The molecule has 3 rings (SSSR count). The quantitative estimate of drug-likeness (QED) is 0.0347. The Morgan fingerprint density at radius 1 is 0.565 bits per heavy atom. The Bertz CT molecular complexity index is 1070. The van der Waals surface area contributed by atoms with Gasteiger partial charge in [-0.05, 0) is 121 Å². The van der Waals surface area contributed by atoms with E-state index < -0.39 is 0 Å². The second-order valence-electron chi connectivity index (χ2n) is 21.4. The van der Waals surface area contributed by atoms with Gasteiger partial charge in [-0.2, -0.15) is 0 Å². The summed E-state index contributed by atoms with van der Waals surface area (Å²) in [6.45, 7) is 7.41. The molecule has 0 aromatic carbocycles. The lowest BCUT2D eigenvalue weighted by Gasteiger charge is -2.29. The Labute approximate surface area is 386 Å². The molecule has 3 saturated carbocycles. The molecule has 5 nitrogen and oxygen atoms in total. The number of carbonyl (C=O) groups is 2. The van der Waals surface area contributed by atoms with E-state index in [0.717, 1.165) is 81.5 Å². The third-order valence-corrected chi connectivity index (χ3v) is 15.3. The van der Waals surface area contributed by atoms with Crippen LogP contribution in [-0.4, -0.2) is 49.7 Å². The molecule has 0 radical (unpaired) electrons. The number of allylic oxidation sites excluding steroid dienone is 2. The van der Waals surface area contributed by atoms with Crippen molar-refractivity contribution in [2.24, 2.45) is 35.5 Å². The Balaban J connectivity index is 1.39. The fraction of sp³-hybridized carbons (Fsp3) is 0.930. The predicted molar refractivity (Wildman–Crippen MR) is 265 cm³/mol. The zero-order chi connectivity index (χ0) is 44.5. The van der Waals surface area contributed by atoms with Crippen molar-refractivity contribution in [3.63, 3.8) is 0 Å². The molecular formula is C57H105NO4. The van der Waals surface area contributed by atoms with Crippen LogP contribution < -0.4 is 0 Å². The van der Waals surface area contributed by atoms with Crippen molar-refractivity contribution in [3.05, 3.63) is 12.2 Å². The van der Waals surface area contributed by atoms with Gasteiger partial charge in [0.15, 0.2) is 0 Å². The SMILES string of the molecule is CCC=CCC(C(=O)OC1CCCC1)C(CC(=O)OC(CCCCCCCCC1CC1CCCCCCCC)CCCCCCCCC1CC1CCCCCCCC)CN(C)C. The summed E-state index contributed by atoms with van der Waals surface area (Å²) in [6, 6.07) is 0. The van der Waals surface area contributed by atoms with Crippen molar-refractivity contribution in [2.45, 2.75) is 283 Å². The predicted octanol–water partition coefficient (Wildman–Crippen LogP) is 16.9. The molecule has 5 heteroatoms. The van der Waals surface area contributed by atoms with Crippen molar-refractivity contribution >= 4 is 11.9 Å². The van der Waals surface area contributed by atoms with Gasteiger partial charge >= 0.3 is 11.9 Å². The minimum atomic E-state index is -0.330. The van der Waals surface area contributed by atoms with Gasteiger partial charge in [0.05, 0.1) is 12.3 Å². The number of nitrogens with zero attached hydrogens (tertiary/aromatic N) is 1. The monoisotopic (exact) mass is 868 g/mol. The van der Waals surface area contributed by atoms with Crippen LogP contribution in [0.25, 0.3) is 0 Å². The summed E-state index contributed by atoms with van der Waals surface area (Å²) >= 11 is 0. The van der Waals surface area contributed by atoms with E-state index >= 15 is 0 Å². The van der Waals surface area contributed by atoms with Gasteiger partial charge in [0.1, 0.15) is 12.2 Å². The molecule has 0 aromatic heterocycles. The van der Waals surface area contributed by atoms with Gasteiger partial charge in [-0.15, -0.1) is 0 Å². The fourth-order valence-electron chi connectivity index (χ4n) is 11.0. The van der Waals surface area contributed by atoms with Crippen molar-refractivity contribution in [1.29, 1.82) is 0 Å². The highest BCUT2D eigenvalue weighted by atomic mass is 16.5. The average Bonchev–Trinajstić information content (AvgIpc) is 4.13. The first-order chi connectivity index (χ1) is 30.3. The van der Waals surface area contributed by atoms with Gasteiger partial charge in [0.25, 0.3) is 0 Å². The lowest BCUT2D eigenvalue weighted by atomic mass is 9.86. The zero-order valence-corrected chi connectivity index (χ0v) is 42.1. The Kier molecular flexibility index (Phi) is 31.8. The molecule has 3 aliphatic carbocycles. The number of carbonyl (C=O) groups excluding carboxylic acids is 2. The molecule has 3 fully saturated rings. The van der Waals surface area contributed by atoms with Crippen LogP contribution in [0.4, 0.5) is 0 Å². The Morgan fingerprint density at radius 2 is 0.984 bits per heavy atom. The summed E-state index contributed by atoms with van der Waals surface area (Å²) in [5.74, 6) is 3.47. The molecule has 0 aliphatic heterocycles. The average molecular weight is 868 g/mol. The van der Waals surface area contributed by atoms with E-state index in [4.69, 9.17) is 9.47 Å². The third-order valence-electron chi connectivity index (χ3n) is 15.3. The Hall–Kier alpha value is -1.36. The minimum absolute atomic E-state index is 0.0109. The summed E-state index contributed by atoms with van der Waals surface area (Å²) in [4.78, 5) is 29.6. The maximum absolute atomic E-state index is 13.8. The summed E-state index contributed by atoms with van der Waals surface area (Å²) in [5, 5.41) is 0. The van der Waals surface area contributed by atoms with Gasteiger partial charge < -0.3 is 14.4 Å². The third kappa shape index (κ3) is 27.2. The number of hydrogen-bond donors (Lipinski definition) is 0. The second kappa shape index (κ2) is 35.8. The maximum atomic E-state index is 13.8. The summed E-state index contributed by atoms with van der Waals surface area (Å²) < 4.78 is 12.5. The highest BCUT2D eigenvalue weighted by Gasteiger charge is 2.36. The number of rotatable bonds is 43. The van der Waals surface area contributed by atoms with Crippen molar-refractivity contribution in [3.8, 4) is 0 Å². The minimum Gasteiger partial charge on any atom is -0.462 e. The van der Waals surface area contributed by atoms with E-state index in [-0.39, 0.29) is 42.4 Å². The molecule has 0 aromatic rings. The molecule has 62 heavy (non-hydrogen) atoms. The summed E-state index contributed by atoms with van der Waals surface area (Å²) in [5.41, 5.74) is 0. The second-order valence-corrected chi connectivity index (χ2v) is 21.4. The normalized spacial score (nSPS) is 21.5. The summed E-state index contributed by atoms with van der Waals surface area (Å²) in [7, 11) is 4.09. The first-order valence-electron chi connectivity index (χ1n) is 28.0. The zero-order valence-electron chi connectivity index (χ0n) is 42.1. The van der Waals surface area contributed by atoms with Crippen LogP contribution in [0, 0.1) is 35.5 Å². The van der Waals surface area contributed by atoms with Gasteiger partial charge in [-0.1, -0.05) is 200 Å². The lowest BCUT2D eigenvalue weighted by Crippen LogP contribution is -2.36. The highest BCUT2D eigenvalue weighted by Crippen LogP contribution is 2.46. The van der Waals surface area contributed by atoms with Gasteiger partial charge in [0, 0.05) is 6.54 Å². The van der Waals surface area contributed by atoms with E-state index in [0.29, 0.717) is 13.0 Å². The van der Waals surface area contributed by atoms with Crippen LogP contribution in [0.15, 0.2) is 12.2 Å². The Morgan fingerprint density at radius 3 is 1.40 bits per heavy atom. The number of esters is 2. The van der Waals surface area contributed by atoms with E-state index in [2.05, 4.69) is 37.8 Å². The number of ether oxygens (including phenoxy) is 2. The molecule has 0 saturated heterocycles. The molecule has 0 amide bonds. The van der Waals surface area contributed by atoms with Crippen LogP contribution in [0.5, 0.6) is 0 Å². The van der Waals surface area contributed by atoms with Crippen LogP contribution in [-0.2, 0) is 19.1 Å². The molecule has 0 bridgehead atoms. The largest absolute Gasteiger partial charge is 0.462 e. The first kappa shape index (κ1) is 55.0. The van der Waals surface area contributed by atoms with Crippen molar-refractivity contribution < 1.29 is 19.1 Å². The molecular weight excluding hydrogens is 763 g/mol. The summed E-state index contributed by atoms with van der Waals surface area (Å²) in [6.07, 6.45) is 53.9. The maximum Gasteiger partial charge on any atom is 0.309 e. The van der Waals surface area contributed by atoms with E-state index in [9.17, 15) is 9.59 Å². The van der Waals surface area contributed by atoms with Crippen molar-refractivity contribution in [1.82, 2.24) is 4.90 Å². The topological polar surface area (TPSA) is 55.8 Å². The first-order valence-corrected chi connectivity index (χ1v) is 28.0. The van der Waals surface area contributed by atoms with E-state index in [1.807, 2.05) is 14.1 Å². The van der Waals surface area contributed by atoms with E-state index in [1.54, 1.807) is 0 Å². The fourth-order valence-corrected chi connectivity index (χ4v) is 11.0. The van der Waals surface area contributed by atoms with Gasteiger partial charge in [-0.25, -0.2) is 0 Å². The van der Waals surface area contributed by atoms with Crippen molar-refractivity contribution in [2.75, 3.05) is 20.6 Å². The smallest absolute Gasteiger partial charge is 0.309 e. The van der Waals surface area contributed by atoms with Crippen LogP contribution in [0.3, 0.4) is 0 Å². The molecule has 362 valence electrons. The number of hydrogen-bond acceptors (Lipinski definition) is 5. The van der Waals surface area contributed by atoms with Gasteiger partial charge in [-0.3, -0.25) is 9.59 Å². The molecule has 6 unspecified atom stereocenters. The van der Waals surface area contributed by atoms with Crippen LogP contribution in [0.1, 0.15) is 271 Å². The molecule has 3 aliphatic rings. The molecule has 0 spiro atoms. The van der Waals surface area contributed by atoms with E-state index in [1.165, 1.54) is 180 Å². The molecule has 0 heterocycles. The standard InChI is InChI=1S/C57H105NO4/c1-6-9-12-14-20-27-35-48-44-50(48)37-29-22-16-18-24-31-39-53(40-32-25-19-17-23-30-38-51-45-49(51)36-28-21-15-13-10-7-2)61-56(59)46-52(47-58(4)5)55(43-26-11-8-3)57(60)62-54-41-33-34-42-54/h11,26,48-55H,6-10,12-25,27-47H2,1-5H3. The van der Waals surface area contributed by atoms with Gasteiger partial charge in [0.2, 0.25) is 0 Å². The van der Waals surface area contributed by atoms with Crippen LogP contribution >= 0.6 is 0 Å². The van der Waals surface area contributed by atoms with Crippen LogP contribution in [0.2, 0.25) is 0 Å².